The predicted molar refractivity (Wildman–Crippen MR) is 94.1 cm³/mol. The first-order valence-corrected chi connectivity index (χ1v) is 8.76. The fourth-order valence-corrected chi connectivity index (χ4v) is 2.55. The van der Waals surface area contributed by atoms with Crippen LogP contribution in [0.5, 0.6) is 0 Å². The van der Waals surface area contributed by atoms with Gasteiger partial charge in [-0.3, -0.25) is 0 Å². The van der Waals surface area contributed by atoms with Crippen LogP contribution in [0.1, 0.15) is 54.9 Å². The highest BCUT2D eigenvalue weighted by Gasteiger charge is 2.86. The van der Waals surface area contributed by atoms with Gasteiger partial charge in [0.05, 0.1) is 13.7 Å². The summed E-state index contributed by atoms with van der Waals surface area (Å²) in [6, 6.07) is 0. The first-order chi connectivity index (χ1) is 12.6. The van der Waals surface area contributed by atoms with Crippen molar-refractivity contribution < 1.29 is 42.5 Å². The molecule has 0 bridgehead atoms. The first kappa shape index (κ1) is 23.6. The Balaban J connectivity index is 3.50. The van der Waals surface area contributed by atoms with Crippen LogP contribution < -0.4 is 0 Å². The van der Waals surface area contributed by atoms with Gasteiger partial charge < -0.3 is 18.9 Å². The van der Waals surface area contributed by atoms with Crippen molar-refractivity contribution >= 4 is 24.1 Å². The number of methoxy groups -OCH3 is 1. The maximum atomic E-state index is 15.4. The Bertz CT molecular complexity index is 637. The van der Waals surface area contributed by atoms with Crippen LogP contribution >= 0.6 is 0 Å². The van der Waals surface area contributed by atoms with E-state index < -0.39 is 53.0 Å². The third kappa shape index (κ3) is 4.53. The van der Waals surface area contributed by atoms with Gasteiger partial charge in [-0.1, -0.05) is 0 Å². The molecule has 0 aromatic heterocycles. The molecule has 1 aliphatic rings. The molecular formula is C18H28FNO8. The lowest BCUT2D eigenvalue weighted by atomic mass is 10.1. The molecule has 0 saturated heterocycles. The predicted octanol–water partition coefficient (Wildman–Crippen LogP) is 2.75. The number of amides is 2. The Kier molecular flexibility index (Phi) is 6.38. The summed E-state index contributed by atoms with van der Waals surface area (Å²) in [7, 11) is 0.941. The zero-order valence-corrected chi connectivity index (χ0v) is 17.5. The maximum Gasteiger partial charge on any atom is 0.421 e. The van der Waals surface area contributed by atoms with Crippen molar-refractivity contribution in [2.45, 2.75) is 77.3 Å². The second-order valence-electron chi connectivity index (χ2n) is 8.35. The second-order valence-corrected chi connectivity index (χ2v) is 8.35. The van der Waals surface area contributed by atoms with Crippen molar-refractivity contribution in [3.63, 3.8) is 0 Å². The number of rotatable bonds is 4. The van der Waals surface area contributed by atoms with Gasteiger partial charge in [-0.2, -0.15) is 4.90 Å². The van der Waals surface area contributed by atoms with Crippen molar-refractivity contribution in [1.29, 1.82) is 0 Å². The summed E-state index contributed by atoms with van der Waals surface area (Å²) < 4.78 is 35.0. The zero-order chi connectivity index (χ0) is 22.1. The lowest BCUT2D eigenvalue weighted by Gasteiger charge is -2.33. The molecule has 0 heterocycles. The van der Waals surface area contributed by atoms with E-state index in [1.807, 2.05) is 0 Å². The van der Waals surface area contributed by atoms with E-state index in [2.05, 4.69) is 9.47 Å². The molecule has 1 saturated carbocycles. The lowest BCUT2D eigenvalue weighted by molar-refractivity contribution is -0.161. The number of halogens is 1. The molecule has 2 atom stereocenters. The fourth-order valence-electron chi connectivity index (χ4n) is 2.55. The Morgan fingerprint density at radius 2 is 1.36 bits per heavy atom. The number of carbonyl (C=O) groups excluding carboxylic acids is 4. The molecule has 0 aromatic carbocycles. The quantitative estimate of drug-likeness (QED) is 0.519. The van der Waals surface area contributed by atoms with Gasteiger partial charge in [0.1, 0.15) is 11.2 Å². The molecular weight excluding hydrogens is 377 g/mol. The number of esters is 2. The van der Waals surface area contributed by atoms with Crippen molar-refractivity contribution in [1.82, 2.24) is 4.90 Å². The van der Waals surface area contributed by atoms with Gasteiger partial charge >= 0.3 is 24.1 Å². The molecule has 1 aliphatic carbocycles. The van der Waals surface area contributed by atoms with E-state index in [1.165, 1.54) is 48.5 Å². The molecule has 0 aliphatic heterocycles. The molecule has 0 N–H and O–H groups in total. The Morgan fingerprint density at radius 1 is 0.929 bits per heavy atom. The van der Waals surface area contributed by atoms with Crippen molar-refractivity contribution in [2.24, 2.45) is 0 Å². The van der Waals surface area contributed by atoms with E-state index in [4.69, 9.17) is 9.47 Å². The largest absolute Gasteiger partial charge is 0.467 e. The molecule has 2 amide bonds. The van der Waals surface area contributed by atoms with E-state index in [-0.39, 0.29) is 11.5 Å². The Hall–Kier alpha value is -2.39. The van der Waals surface area contributed by atoms with Gasteiger partial charge in [-0.15, -0.1) is 0 Å². The van der Waals surface area contributed by atoms with Crippen LogP contribution in [-0.4, -0.2) is 65.2 Å². The summed E-state index contributed by atoms with van der Waals surface area (Å²) in [5, 5.41) is 0. The summed E-state index contributed by atoms with van der Waals surface area (Å²) in [6.07, 6.45) is -3.53. The number of carbonyl (C=O) groups is 4. The lowest BCUT2D eigenvalue weighted by Crippen LogP contribution is -2.58. The number of imide groups is 1. The molecule has 28 heavy (non-hydrogen) atoms. The van der Waals surface area contributed by atoms with Gasteiger partial charge in [-0.05, 0) is 48.5 Å². The number of hydrogen-bond acceptors (Lipinski definition) is 8. The smallest absolute Gasteiger partial charge is 0.421 e. The van der Waals surface area contributed by atoms with Gasteiger partial charge in [0.25, 0.3) is 0 Å². The highest BCUT2D eigenvalue weighted by molar-refractivity contribution is 6.07. The van der Waals surface area contributed by atoms with Gasteiger partial charge in [-0.25, -0.2) is 23.6 Å². The van der Waals surface area contributed by atoms with Crippen LogP contribution in [0.4, 0.5) is 14.0 Å². The third-order valence-electron chi connectivity index (χ3n) is 3.69. The highest BCUT2D eigenvalue weighted by Crippen LogP contribution is 2.57. The monoisotopic (exact) mass is 405 g/mol. The molecule has 9 nitrogen and oxygen atoms in total. The van der Waals surface area contributed by atoms with Gasteiger partial charge in [0.15, 0.2) is 0 Å². The normalized spacial score (nSPS) is 24.0. The summed E-state index contributed by atoms with van der Waals surface area (Å²) in [5.74, 6) is -2.70. The maximum absolute atomic E-state index is 15.4. The van der Waals surface area contributed by atoms with E-state index in [9.17, 15) is 19.2 Å². The van der Waals surface area contributed by atoms with Crippen LogP contribution in [0.15, 0.2) is 0 Å². The number of alkyl halides is 1. The number of nitrogens with zero attached hydrogens (tertiary/aromatic N) is 1. The molecule has 1 rings (SSSR count). The SMILES string of the molecule is CCOC(=O)[C@]1(F)CC1(C(=O)OC)N(C(=O)OC(C)(C)C)C(=O)OC(C)(C)C. The summed E-state index contributed by atoms with van der Waals surface area (Å²) in [6.45, 7) is 10.4. The molecule has 0 aromatic rings. The van der Waals surface area contributed by atoms with Gasteiger partial charge in [0.2, 0.25) is 11.2 Å². The van der Waals surface area contributed by atoms with Crippen molar-refractivity contribution in [3.8, 4) is 0 Å². The van der Waals surface area contributed by atoms with Gasteiger partial charge in [0, 0.05) is 6.42 Å². The second kappa shape index (κ2) is 7.56. The average molecular weight is 405 g/mol. The van der Waals surface area contributed by atoms with E-state index >= 15 is 4.39 Å². The van der Waals surface area contributed by atoms with Crippen molar-refractivity contribution in [2.75, 3.05) is 13.7 Å². The minimum absolute atomic E-state index is 0.166. The van der Waals surface area contributed by atoms with E-state index in [0.29, 0.717) is 0 Å². The molecule has 0 radical (unpaired) electrons. The first-order valence-electron chi connectivity index (χ1n) is 8.76. The van der Waals surface area contributed by atoms with Crippen LogP contribution in [0.25, 0.3) is 0 Å². The topological polar surface area (TPSA) is 108 Å². The van der Waals surface area contributed by atoms with Crippen LogP contribution in [0.2, 0.25) is 0 Å². The van der Waals surface area contributed by atoms with E-state index in [1.54, 1.807) is 0 Å². The molecule has 1 fully saturated rings. The Labute approximate surface area is 163 Å². The van der Waals surface area contributed by atoms with Crippen molar-refractivity contribution in [3.05, 3.63) is 0 Å². The zero-order valence-electron chi connectivity index (χ0n) is 17.5. The summed E-state index contributed by atoms with van der Waals surface area (Å²) in [4.78, 5) is 50.3. The number of hydrogen-bond donors (Lipinski definition) is 0. The fraction of sp³-hybridized carbons (Fsp3) is 0.778. The Morgan fingerprint density at radius 3 is 1.68 bits per heavy atom. The highest BCUT2D eigenvalue weighted by atomic mass is 19.1. The number of ether oxygens (including phenoxy) is 4. The van der Waals surface area contributed by atoms with E-state index in [0.717, 1.165) is 7.11 Å². The molecule has 160 valence electrons. The minimum atomic E-state index is -2.98. The molecule has 10 heteroatoms. The molecule has 0 spiro atoms. The van der Waals surface area contributed by atoms with Crippen LogP contribution in [-0.2, 0) is 28.5 Å². The third-order valence-corrected chi connectivity index (χ3v) is 3.69. The summed E-state index contributed by atoms with van der Waals surface area (Å²) in [5.41, 5.74) is -7.72. The van der Waals surface area contributed by atoms with Crippen LogP contribution in [0, 0.1) is 0 Å². The standard InChI is InChI=1S/C18H28FNO8/c1-9-26-11(21)17(19)10-18(17,12(22)25-8)20(13(23)27-15(2,3)4)14(24)28-16(5,6)7/h9-10H2,1-8H3/t17-,18?/m1/s1. The average Bonchev–Trinajstić information content (AvgIpc) is 3.11. The van der Waals surface area contributed by atoms with Crippen LogP contribution in [0.3, 0.4) is 0 Å². The minimum Gasteiger partial charge on any atom is -0.467 e. The summed E-state index contributed by atoms with van der Waals surface area (Å²) >= 11 is 0. The molecule has 1 unspecified atom stereocenters.